The molecule has 3 aromatic rings. The number of H-pyrrole nitrogens is 1. The van der Waals surface area contributed by atoms with Gasteiger partial charge in [-0.2, -0.15) is 0 Å². The number of nitrogens with zero attached hydrogens (tertiary/aromatic N) is 1. The number of aromatic amines is 1. The van der Waals surface area contributed by atoms with E-state index in [-0.39, 0.29) is 10.6 Å². The smallest absolute Gasteiger partial charge is 0.233 e. The highest BCUT2D eigenvalue weighted by Gasteiger charge is 2.17. The predicted octanol–water partition coefficient (Wildman–Crippen LogP) is 3.47. The fraction of sp³-hybridized carbons (Fsp3) is 0.292. The first-order chi connectivity index (χ1) is 16.5. The molecule has 0 spiro atoms. The lowest BCUT2D eigenvalue weighted by Crippen LogP contribution is -2.22. The molecule has 0 aliphatic carbocycles. The number of hydrogen-bond acceptors (Lipinski definition) is 8. The maximum absolute atomic E-state index is 11.7. The molecule has 0 radical (unpaired) electrons. The van der Waals surface area contributed by atoms with Crippen molar-refractivity contribution in [3.8, 4) is 28.5 Å². The van der Waals surface area contributed by atoms with Gasteiger partial charge in [0.15, 0.2) is 19.7 Å². The molecule has 9 nitrogen and oxygen atoms in total. The van der Waals surface area contributed by atoms with Gasteiger partial charge in [0.2, 0.25) is 5.90 Å². The Morgan fingerprint density at radius 3 is 2.26 bits per heavy atom. The van der Waals surface area contributed by atoms with Gasteiger partial charge in [0.05, 0.1) is 17.2 Å². The van der Waals surface area contributed by atoms with E-state index in [1.165, 1.54) is 12.1 Å². The van der Waals surface area contributed by atoms with Crippen LogP contribution in [0.2, 0.25) is 0 Å². The van der Waals surface area contributed by atoms with Crippen molar-refractivity contribution >= 4 is 25.6 Å². The quantitative estimate of drug-likeness (QED) is 0.460. The summed E-state index contributed by atoms with van der Waals surface area (Å²) >= 11 is 0. The maximum atomic E-state index is 11.7. The molecule has 4 rings (SSSR count). The highest BCUT2D eigenvalue weighted by Crippen LogP contribution is 2.33. The Bertz CT molecular complexity index is 1460. The number of aliphatic imine (C=N–C) groups is 1. The number of nitrogens with one attached hydrogen (secondary N) is 1. The van der Waals surface area contributed by atoms with Crippen LogP contribution < -0.4 is 9.47 Å². The standard InChI is InChI=1S/C24H26N2O7S2/c1-16(15-34(2,27)28)32-19-12-17(22-8-9-23(26-22)24-25-10-11-31-24)13-20(14-19)33-18-4-6-21(7-5-18)35(3,29)30/h4-9,12-14,16,26H,10-11,15H2,1-3H3/t16-/m0/s1. The van der Waals surface area contributed by atoms with Gasteiger partial charge in [0, 0.05) is 29.8 Å². The van der Waals surface area contributed by atoms with E-state index in [2.05, 4.69) is 9.98 Å². The molecule has 2 aromatic carbocycles. The Balaban J connectivity index is 1.65. The van der Waals surface area contributed by atoms with Crippen molar-refractivity contribution in [1.29, 1.82) is 0 Å². The number of ether oxygens (including phenoxy) is 3. The van der Waals surface area contributed by atoms with Crippen molar-refractivity contribution in [2.75, 3.05) is 31.4 Å². The van der Waals surface area contributed by atoms with Crippen molar-refractivity contribution in [3.05, 3.63) is 60.3 Å². The zero-order chi connectivity index (χ0) is 25.2. The van der Waals surface area contributed by atoms with Crippen LogP contribution in [0, 0.1) is 0 Å². The van der Waals surface area contributed by atoms with Gasteiger partial charge in [0.1, 0.15) is 35.7 Å². The van der Waals surface area contributed by atoms with Gasteiger partial charge in [-0.05, 0) is 55.5 Å². The Morgan fingerprint density at radius 2 is 1.63 bits per heavy atom. The summed E-state index contributed by atoms with van der Waals surface area (Å²) in [6, 6.07) is 15.1. The lowest BCUT2D eigenvalue weighted by molar-refractivity contribution is 0.244. The average Bonchev–Trinajstić information content (AvgIpc) is 3.44. The lowest BCUT2D eigenvalue weighted by atomic mass is 10.1. The molecule has 0 bridgehead atoms. The van der Waals surface area contributed by atoms with E-state index in [1.807, 2.05) is 12.1 Å². The molecule has 0 saturated carbocycles. The second-order valence-electron chi connectivity index (χ2n) is 8.38. The van der Waals surface area contributed by atoms with Gasteiger partial charge in [0.25, 0.3) is 0 Å². The van der Waals surface area contributed by atoms with Gasteiger partial charge in [-0.3, -0.25) is 0 Å². The molecule has 1 N–H and O–H groups in total. The van der Waals surface area contributed by atoms with E-state index in [1.54, 1.807) is 37.3 Å². The molecule has 2 heterocycles. The van der Waals surface area contributed by atoms with Crippen molar-refractivity contribution < 1.29 is 31.0 Å². The van der Waals surface area contributed by atoms with Crippen LogP contribution in [0.1, 0.15) is 12.6 Å². The normalized spacial score (nSPS) is 14.8. The summed E-state index contributed by atoms with van der Waals surface area (Å²) in [7, 11) is -6.55. The summed E-state index contributed by atoms with van der Waals surface area (Å²) < 4.78 is 64.2. The largest absolute Gasteiger partial charge is 0.490 e. The average molecular weight is 519 g/mol. The molecular weight excluding hydrogens is 492 g/mol. The highest BCUT2D eigenvalue weighted by molar-refractivity contribution is 7.91. The third kappa shape index (κ3) is 6.64. The van der Waals surface area contributed by atoms with E-state index in [9.17, 15) is 16.8 Å². The number of aromatic nitrogens is 1. The molecule has 1 aromatic heterocycles. The number of hydrogen-bond donors (Lipinski definition) is 1. The summed E-state index contributed by atoms with van der Waals surface area (Å²) in [5.74, 6) is 1.71. The maximum Gasteiger partial charge on any atom is 0.233 e. The van der Waals surface area contributed by atoms with Crippen LogP contribution in [-0.4, -0.2) is 65.2 Å². The second-order valence-corrected chi connectivity index (χ2v) is 12.6. The first kappa shape index (κ1) is 24.8. The SMILES string of the molecule is C[C@@H](CS(C)(=O)=O)Oc1cc(Oc2ccc(S(C)(=O)=O)cc2)cc(-c2ccc(C3=NCCO3)[nH]2)c1. The fourth-order valence-electron chi connectivity index (χ4n) is 3.62. The van der Waals surface area contributed by atoms with Crippen LogP contribution in [-0.2, 0) is 24.4 Å². The highest BCUT2D eigenvalue weighted by atomic mass is 32.2. The van der Waals surface area contributed by atoms with E-state index in [4.69, 9.17) is 14.2 Å². The third-order valence-electron chi connectivity index (χ3n) is 5.06. The summed E-state index contributed by atoms with van der Waals surface area (Å²) in [5, 5.41) is 0. The molecule has 0 fully saturated rings. The number of benzene rings is 2. The first-order valence-corrected chi connectivity index (χ1v) is 14.8. The molecule has 0 saturated heterocycles. The Kier molecular flexibility index (Phi) is 6.91. The number of sulfone groups is 2. The summed E-state index contributed by atoms with van der Waals surface area (Å²) in [4.78, 5) is 7.78. The van der Waals surface area contributed by atoms with Crippen LogP contribution >= 0.6 is 0 Å². The van der Waals surface area contributed by atoms with Gasteiger partial charge >= 0.3 is 0 Å². The van der Waals surface area contributed by atoms with Crippen molar-refractivity contribution in [2.45, 2.75) is 17.9 Å². The minimum absolute atomic E-state index is 0.135. The van der Waals surface area contributed by atoms with Crippen molar-refractivity contribution in [3.63, 3.8) is 0 Å². The van der Waals surface area contributed by atoms with Gasteiger partial charge in [-0.1, -0.05) is 0 Å². The zero-order valence-corrected chi connectivity index (χ0v) is 21.1. The van der Waals surface area contributed by atoms with E-state index < -0.39 is 25.8 Å². The van der Waals surface area contributed by atoms with Crippen molar-refractivity contribution in [2.24, 2.45) is 4.99 Å². The van der Waals surface area contributed by atoms with E-state index in [0.717, 1.165) is 29.5 Å². The minimum Gasteiger partial charge on any atom is -0.490 e. The summed E-state index contributed by atoms with van der Waals surface area (Å²) in [6.07, 6.45) is 1.72. The molecule has 11 heteroatoms. The fourth-order valence-corrected chi connectivity index (χ4v) is 5.18. The molecule has 186 valence electrons. The zero-order valence-electron chi connectivity index (χ0n) is 19.5. The minimum atomic E-state index is -3.32. The first-order valence-electron chi connectivity index (χ1n) is 10.8. The molecule has 1 atom stereocenters. The van der Waals surface area contributed by atoms with Crippen LogP contribution in [0.5, 0.6) is 17.2 Å². The monoisotopic (exact) mass is 518 g/mol. The van der Waals surface area contributed by atoms with Crippen LogP contribution in [0.3, 0.4) is 0 Å². The molecule has 1 aliphatic rings. The van der Waals surface area contributed by atoms with Crippen LogP contribution in [0.25, 0.3) is 11.3 Å². The molecule has 35 heavy (non-hydrogen) atoms. The molecular formula is C24H26N2O7S2. The molecule has 0 amide bonds. The second kappa shape index (κ2) is 9.74. The Morgan fingerprint density at radius 1 is 0.943 bits per heavy atom. The predicted molar refractivity (Wildman–Crippen MR) is 133 cm³/mol. The summed E-state index contributed by atoms with van der Waals surface area (Å²) in [5.41, 5.74) is 2.24. The van der Waals surface area contributed by atoms with Gasteiger partial charge in [-0.15, -0.1) is 0 Å². The Hall–Kier alpha value is -3.31. The van der Waals surface area contributed by atoms with E-state index >= 15 is 0 Å². The summed E-state index contributed by atoms with van der Waals surface area (Å²) in [6.45, 7) is 2.84. The Labute approximate surface area is 204 Å². The van der Waals surface area contributed by atoms with Crippen molar-refractivity contribution in [1.82, 2.24) is 4.98 Å². The molecule has 0 unspecified atom stereocenters. The van der Waals surface area contributed by atoms with Gasteiger partial charge in [-0.25, -0.2) is 21.8 Å². The topological polar surface area (TPSA) is 124 Å². The van der Waals surface area contributed by atoms with Crippen LogP contribution in [0.15, 0.2) is 64.5 Å². The van der Waals surface area contributed by atoms with Crippen LogP contribution in [0.4, 0.5) is 0 Å². The lowest BCUT2D eigenvalue weighted by Gasteiger charge is -2.16. The van der Waals surface area contributed by atoms with Gasteiger partial charge < -0.3 is 19.2 Å². The number of rotatable bonds is 9. The third-order valence-corrected chi connectivity index (χ3v) is 7.26. The van der Waals surface area contributed by atoms with E-state index in [0.29, 0.717) is 36.3 Å². The molecule has 1 aliphatic heterocycles.